The number of hydrogen-bond acceptors (Lipinski definition) is 4. The van der Waals surface area contributed by atoms with E-state index in [1.807, 2.05) is 31.2 Å². The molecule has 1 unspecified atom stereocenters. The Labute approximate surface area is 203 Å². The summed E-state index contributed by atoms with van der Waals surface area (Å²) in [6.07, 6.45) is 2.96. The van der Waals surface area contributed by atoms with Crippen LogP contribution in [0.1, 0.15) is 43.3 Å². The first-order valence-electron chi connectivity index (χ1n) is 12.4. The van der Waals surface area contributed by atoms with E-state index in [-0.39, 0.29) is 5.97 Å². The molecule has 0 amide bonds. The molecule has 1 aromatic heterocycles. The fourth-order valence-corrected chi connectivity index (χ4v) is 4.13. The van der Waals surface area contributed by atoms with E-state index in [1.165, 1.54) is 17.0 Å². The number of ether oxygens (including phenoxy) is 3. The maximum Gasteiger partial charge on any atom is 0.335 e. The topological polar surface area (TPSA) is 49.7 Å². The van der Waals surface area contributed by atoms with Crippen LogP contribution in [0.5, 0.6) is 5.75 Å². The average molecular weight is 464 g/mol. The van der Waals surface area contributed by atoms with Crippen molar-refractivity contribution in [2.24, 2.45) is 0 Å². The van der Waals surface area contributed by atoms with Crippen LogP contribution in [0.4, 0.5) is 0 Å². The second kappa shape index (κ2) is 13.6. The van der Waals surface area contributed by atoms with Gasteiger partial charge in [0.15, 0.2) is 6.10 Å². The molecule has 0 bridgehead atoms. The molecule has 34 heavy (non-hydrogen) atoms. The molecule has 0 saturated carbocycles. The molecule has 5 nitrogen and oxygen atoms in total. The second-order valence-corrected chi connectivity index (χ2v) is 8.20. The van der Waals surface area contributed by atoms with E-state index in [1.54, 1.807) is 6.92 Å². The monoisotopic (exact) mass is 463 g/mol. The van der Waals surface area contributed by atoms with Gasteiger partial charge in [-0.2, -0.15) is 0 Å². The molecule has 5 heteroatoms. The molecular weight excluding hydrogens is 426 g/mol. The van der Waals surface area contributed by atoms with Gasteiger partial charge in [-0.15, -0.1) is 0 Å². The van der Waals surface area contributed by atoms with Crippen LogP contribution in [0.3, 0.4) is 0 Å². The van der Waals surface area contributed by atoms with Crippen molar-refractivity contribution >= 4 is 5.97 Å². The molecule has 0 spiro atoms. The van der Waals surface area contributed by atoms with Crippen LogP contribution >= 0.6 is 0 Å². The zero-order chi connectivity index (χ0) is 24.2. The van der Waals surface area contributed by atoms with Crippen LogP contribution in [-0.4, -0.2) is 36.5 Å². The molecule has 0 radical (unpaired) electrons. The van der Waals surface area contributed by atoms with Crippen molar-refractivity contribution in [3.8, 4) is 5.75 Å². The van der Waals surface area contributed by atoms with E-state index < -0.39 is 6.10 Å². The molecule has 182 valence electrons. The first-order chi connectivity index (χ1) is 16.6. The number of esters is 1. The van der Waals surface area contributed by atoms with Crippen LogP contribution in [0.15, 0.2) is 66.7 Å². The molecule has 1 atom stereocenters. The minimum Gasteiger partial charge on any atom is -0.492 e. The highest BCUT2D eigenvalue weighted by atomic mass is 16.6. The van der Waals surface area contributed by atoms with Crippen molar-refractivity contribution < 1.29 is 19.0 Å². The SMILES string of the molecule is CCOC(=O)C(Cc1ccc(OCCn2c(CC)ccc2CCc2ccccc2)cc1)OCC. The number of aromatic nitrogens is 1. The molecule has 0 saturated heterocycles. The number of carbonyl (C=O) groups is 1. The van der Waals surface area contributed by atoms with Crippen LogP contribution in [0, 0.1) is 0 Å². The van der Waals surface area contributed by atoms with Gasteiger partial charge in [-0.3, -0.25) is 0 Å². The van der Waals surface area contributed by atoms with Crippen molar-refractivity contribution in [1.82, 2.24) is 4.57 Å². The standard InChI is InChI=1S/C29H37NO4/c1-4-25-16-17-26(15-12-23-10-8-7-9-11-23)30(25)20-21-34-27-18-13-24(14-19-27)22-28(32-5-2)29(31)33-6-3/h7-11,13-14,16-19,28H,4-6,12,15,20-22H2,1-3H3. The third kappa shape index (κ3) is 7.49. The van der Waals surface area contributed by atoms with Gasteiger partial charge < -0.3 is 18.8 Å². The zero-order valence-electron chi connectivity index (χ0n) is 20.7. The highest BCUT2D eigenvalue weighted by molar-refractivity contribution is 5.75. The van der Waals surface area contributed by atoms with Gasteiger partial charge in [0.2, 0.25) is 0 Å². The Bertz CT molecular complexity index is 995. The Balaban J connectivity index is 1.54. The molecular formula is C29H37NO4. The fourth-order valence-electron chi connectivity index (χ4n) is 4.13. The number of benzene rings is 2. The summed E-state index contributed by atoms with van der Waals surface area (Å²) >= 11 is 0. The normalized spacial score (nSPS) is 11.9. The lowest BCUT2D eigenvalue weighted by atomic mass is 10.1. The minimum atomic E-state index is -0.577. The van der Waals surface area contributed by atoms with E-state index in [2.05, 4.69) is 54.0 Å². The molecule has 0 N–H and O–H groups in total. The summed E-state index contributed by atoms with van der Waals surface area (Å²) in [5.41, 5.74) is 5.06. The fraction of sp³-hybridized carbons (Fsp3) is 0.414. The third-order valence-electron chi connectivity index (χ3n) is 5.88. The minimum absolute atomic E-state index is 0.314. The quantitative estimate of drug-likeness (QED) is 0.299. The lowest BCUT2D eigenvalue weighted by Crippen LogP contribution is -2.28. The number of aryl methyl sites for hydroxylation is 3. The zero-order valence-corrected chi connectivity index (χ0v) is 20.7. The summed E-state index contributed by atoms with van der Waals surface area (Å²) in [7, 11) is 0. The molecule has 0 aliphatic heterocycles. The van der Waals surface area contributed by atoms with Crippen molar-refractivity contribution in [2.45, 2.75) is 59.1 Å². The first-order valence-corrected chi connectivity index (χ1v) is 12.4. The molecule has 1 heterocycles. The van der Waals surface area contributed by atoms with Crippen LogP contribution in [-0.2, 0) is 46.5 Å². The molecule has 0 aliphatic carbocycles. The third-order valence-corrected chi connectivity index (χ3v) is 5.88. The largest absolute Gasteiger partial charge is 0.492 e. The van der Waals surface area contributed by atoms with Gasteiger partial charge >= 0.3 is 5.97 Å². The molecule has 0 aliphatic rings. The molecule has 3 aromatic rings. The van der Waals surface area contributed by atoms with Gasteiger partial charge in [0.25, 0.3) is 0 Å². The van der Waals surface area contributed by atoms with E-state index in [9.17, 15) is 4.79 Å². The molecule has 3 rings (SSSR count). The summed E-state index contributed by atoms with van der Waals surface area (Å²) < 4.78 is 19.1. The van der Waals surface area contributed by atoms with Crippen molar-refractivity contribution in [2.75, 3.05) is 19.8 Å². The van der Waals surface area contributed by atoms with Crippen LogP contribution in [0.2, 0.25) is 0 Å². The molecule has 0 fully saturated rings. The number of carbonyl (C=O) groups excluding carboxylic acids is 1. The Morgan fingerprint density at radius 2 is 1.56 bits per heavy atom. The maximum absolute atomic E-state index is 12.1. The van der Waals surface area contributed by atoms with Gasteiger partial charge in [0.05, 0.1) is 13.2 Å². The van der Waals surface area contributed by atoms with E-state index in [0.29, 0.717) is 26.2 Å². The van der Waals surface area contributed by atoms with Gasteiger partial charge in [0.1, 0.15) is 12.4 Å². The van der Waals surface area contributed by atoms with E-state index in [0.717, 1.165) is 37.1 Å². The summed E-state index contributed by atoms with van der Waals surface area (Å²) in [4.78, 5) is 12.1. The number of nitrogens with zero attached hydrogens (tertiary/aromatic N) is 1. The maximum atomic E-state index is 12.1. The average Bonchev–Trinajstić information content (AvgIpc) is 3.26. The predicted molar refractivity (Wildman–Crippen MR) is 135 cm³/mol. The summed E-state index contributed by atoms with van der Waals surface area (Å²) in [6, 6.07) is 23.0. The van der Waals surface area contributed by atoms with Crippen LogP contribution in [0.25, 0.3) is 0 Å². The number of rotatable bonds is 14. The predicted octanol–water partition coefficient (Wildman–Crippen LogP) is 5.43. The van der Waals surface area contributed by atoms with Gasteiger partial charge in [-0.05, 0) is 68.5 Å². The van der Waals surface area contributed by atoms with Gasteiger partial charge in [0, 0.05) is 24.4 Å². The summed E-state index contributed by atoms with van der Waals surface area (Å²) in [5.74, 6) is 0.509. The lowest BCUT2D eigenvalue weighted by Gasteiger charge is -2.16. The smallest absolute Gasteiger partial charge is 0.335 e. The highest BCUT2D eigenvalue weighted by Gasteiger charge is 2.20. The Morgan fingerprint density at radius 1 is 0.824 bits per heavy atom. The summed E-state index contributed by atoms with van der Waals surface area (Å²) in [6.45, 7) is 8.11. The van der Waals surface area contributed by atoms with Gasteiger partial charge in [-0.1, -0.05) is 49.4 Å². The lowest BCUT2D eigenvalue weighted by molar-refractivity contribution is -0.156. The number of hydrogen-bond donors (Lipinski definition) is 0. The summed E-state index contributed by atoms with van der Waals surface area (Å²) in [5, 5.41) is 0. The van der Waals surface area contributed by atoms with Gasteiger partial charge in [-0.25, -0.2) is 4.79 Å². The van der Waals surface area contributed by atoms with Crippen molar-refractivity contribution in [1.29, 1.82) is 0 Å². The van der Waals surface area contributed by atoms with Crippen LogP contribution < -0.4 is 4.74 Å². The Morgan fingerprint density at radius 3 is 2.24 bits per heavy atom. The Hall–Kier alpha value is -3.05. The first kappa shape index (κ1) is 25.6. The highest BCUT2D eigenvalue weighted by Crippen LogP contribution is 2.17. The van der Waals surface area contributed by atoms with Crippen molar-refractivity contribution in [3.63, 3.8) is 0 Å². The Kier molecular flexibility index (Phi) is 10.2. The van der Waals surface area contributed by atoms with Crippen molar-refractivity contribution in [3.05, 3.63) is 89.2 Å². The van der Waals surface area contributed by atoms with E-state index in [4.69, 9.17) is 14.2 Å². The molecule has 2 aromatic carbocycles. The second-order valence-electron chi connectivity index (χ2n) is 8.20. The van der Waals surface area contributed by atoms with E-state index >= 15 is 0 Å².